The SMILES string of the molecule is Cn1ncc2ccc(-c3n[nH]c4c3Cc3sc(-c5ccc(CN6CCCOCC6)cc5)cc3-4)cc21. The van der Waals surface area contributed by atoms with E-state index in [2.05, 4.69) is 63.6 Å². The lowest BCUT2D eigenvalue weighted by Gasteiger charge is -2.19. The Labute approximate surface area is 208 Å². The molecule has 7 rings (SSSR count). The Morgan fingerprint density at radius 2 is 1.91 bits per heavy atom. The molecular weight excluding hydrogens is 454 g/mol. The minimum Gasteiger partial charge on any atom is -0.380 e. The zero-order valence-corrected chi connectivity index (χ0v) is 20.6. The number of H-pyrrole nitrogens is 1. The predicted octanol–water partition coefficient (Wildman–Crippen LogP) is 5.49. The summed E-state index contributed by atoms with van der Waals surface area (Å²) in [4.78, 5) is 5.23. The number of aryl methyl sites for hydroxylation is 1. The fourth-order valence-electron chi connectivity index (χ4n) is 5.35. The van der Waals surface area contributed by atoms with Crippen molar-refractivity contribution in [2.75, 3.05) is 26.3 Å². The highest BCUT2D eigenvalue weighted by Crippen LogP contribution is 2.46. The molecule has 2 aromatic carbocycles. The number of hydrogen-bond acceptors (Lipinski definition) is 5. The van der Waals surface area contributed by atoms with Gasteiger partial charge in [0.2, 0.25) is 0 Å². The lowest BCUT2D eigenvalue weighted by molar-refractivity contribution is 0.140. The average Bonchev–Trinajstić information content (AvgIpc) is 3.59. The van der Waals surface area contributed by atoms with Crippen LogP contribution in [0.5, 0.6) is 0 Å². The molecule has 0 amide bonds. The quantitative estimate of drug-likeness (QED) is 0.362. The second-order valence-corrected chi connectivity index (χ2v) is 10.7. The monoisotopic (exact) mass is 481 g/mol. The molecule has 176 valence electrons. The standard InChI is InChI=1S/C28H27N5OS/c1-32-24-13-20(7-8-21(24)16-29-32)27-23-15-26-22(28(23)31-30-27)14-25(35-26)19-5-3-18(4-6-19)17-33-9-2-11-34-12-10-33/h3-8,13-14,16H,2,9-12,15,17H2,1H3,(H,30,31). The molecule has 0 saturated carbocycles. The van der Waals surface area contributed by atoms with Crippen LogP contribution in [0.4, 0.5) is 0 Å². The summed E-state index contributed by atoms with van der Waals surface area (Å²) in [6.45, 7) is 4.86. The van der Waals surface area contributed by atoms with Crippen molar-refractivity contribution in [2.24, 2.45) is 7.05 Å². The molecule has 35 heavy (non-hydrogen) atoms. The molecule has 0 bridgehead atoms. The Hall–Kier alpha value is -3.26. The molecular formula is C28H27N5OS. The first-order valence-corrected chi connectivity index (χ1v) is 13.1. The van der Waals surface area contributed by atoms with Crippen molar-refractivity contribution in [1.29, 1.82) is 0 Å². The number of ether oxygens (including phenoxy) is 1. The second kappa shape index (κ2) is 8.45. The molecule has 1 N–H and O–H groups in total. The van der Waals surface area contributed by atoms with Crippen LogP contribution in [0.1, 0.15) is 22.4 Å². The second-order valence-electron chi connectivity index (χ2n) is 9.53. The molecule has 1 fully saturated rings. The summed E-state index contributed by atoms with van der Waals surface area (Å²) in [6, 6.07) is 17.9. The van der Waals surface area contributed by atoms with Gasteiger partial charge in [-0.05, 0) is 29.7 Å². The van der Waals surface area contributed by atoms with Gasteiger partial charge in [0.15, 0.2) is 0 Å². The summed E-state index contributed by atoms with van der Waals surface area (Å²) in [5.74, 6) is 0. The van der Waals surface area contributed by atoms with E-state index in [0.717, 1.165) is 67.8 Å². The fourth-order valence-corrected chi connectivity index (χ4v) is 6.54. The molecule has 7 heteroatoms. The molecule has 1 saturated heterocycles. The smallest absolute Gasteiger partial charge is 0.0963 e. The maximum atomic E-state index is 5.59. The third kappa shape index (κ3) is 3.71. The molecule has 1 aliphatic heterocycles. The molecule has 0 atom stereocenters. The van der Waals surface area contributed by atoms with Crippen LogP contribution in [-0.4, -0.2) is 51.2 Å². The van der Waals surface area contributed by atoms with E-state index in [1.165, 1.54) is 37.7 Å². The van der Waals surface area contributed by atoms with Crippen LogP contribution in [0, 0.1) is 0 Å². The summed E-state index contributed by atoms with van der Waals surface area (Å²) in [7, 11) is 1.98. The highest BCUT2D eigenvalue weighted by molar-refractivity contribution is 7.16. The van der Waals surface area contributed by atoms with E-state index in [4.69, 9.17) is 9.84 Å². The van der Waals surface area contributed by atoms with E-state index in [1.807, 2.05) is 29.3 Å². The third-order valence-electron chi connectivity index (χ3n) is 7.26. The van der Waals surface area contributed by atoms with Crippen molar-refractivity contribution in [3.8, 4) is 33.0 Å². The number of aromatic nitrogens is 4. The molecule has 4 heterocycles. The molecule has 0 radical (unpaired) electrons. The Morgan fingerprint density at radius 1 is 1.03 bits per heavy atom. The van der Waals surface area contributed by atoms with E-state index >= 15 is 0 Å². The lowest BCUT2D eigenvalue weighted by atomic mass is 10.0. The van der Waals surface area contributed by atoms with Crippen molar-refractivity contribution in [3.05, 3.63) is 70.7 Å². The van der Waals surface area contributed by atoms with Crippen molar-refractivity contribution < 1.29 is 4.74 Å². The fraction of sp³-hybridized carbons (Fsp3) is 0.286. The van der Waals surface area contributed by atoms with Gasteiger partial charge in [0.25, 0.3) is 0 Å². The first kappa shape index (κ1) is 21.1. The van der Waals surface area contributed by atoms with Crippen LogP contribution in [0.25, 0.3) is 43.9 Å². The minimum atomic E-state index is 0.841. The van der Waals surface area contributed by atoms with E-state index in [9.17, 15) is 0 Å². The molecule has 6 nitrogen and oxygen atoms in total. The maximum absolute atomic E-state index is 5.59. The van der Waals surface area contributed by atoms with Crippen LogP contribution in [-0.2, 0) is 24.8 Å². The van der Waals surface area contributed by atoms with Gasteiger partial charge in [-0.15, -0.1) is 11.3 Å². The number of nitrogens with one attached hydrogen (secondary N) is 1. The number of hydrogen-bond donors (Lipinski definition) is 1. The minimum absolute atomic E-state index is 0.841. The van der Waals surface area contributed by atoms with Gasteiger partial charge in [-0.25, -0.2) is 0 Å². The Morgan fingerprint density at radius 3 is 2.83 bits per heavy atom. The summed E-state index contributed by atoms with van der Waals surface area (Å²) in [5, 5.41) is 13.6. The van der Waals surface area contributed by atoms with Crippen molar-refractivity contribution in [3.63, 3.8) is 0 Å². The molecule has 0 unspecified atom stereocenters. The number of rotatable bonds is 4. The van der Waals surface area contributed by atoms with Gasteiger partial charge in [0.1, 0.15) is 0 Å². The first-order valence-electron chi connectivity index (χ1n) is 12.2. The number of nitrogens with zero attached hydrogens (tertiary/aromatic N) is 4. The van der Waals surface area contributed by atoms with Crippen LogP contribution in [0.3, 0.4) is 0 Å². The van der Waals surface area contributed by atoms with Crippen LogP contribution in [0.2, 0.25) is 0 Å². The van der Waals surface area contributed by atoms with Gasteiger partial charge < -0.3 is 4.74 Å². The molecule has 2 aliphatic rings. The number of thiophene rings is 1. The first-order chi connectivity index (χ1) is 17.2. The summed E-state index contributed by atoms with van der Waals surface area (Å²) in [6.07, 6.45) is 3.96. The zero-order valence-electron chi connectivity index (χ0n) is 19.8. The normalized spacial score (nSPS) is 15.9. The average molecular weight is 482 g/mol. The summed E-state index contributed by atoms with van der Waals surface area (Å²) >= 11 is 1.90. The topological polar surface area (TPSA) is 59.0 Å². The Balaban J connectivity index is 1.13. The highest BCUT2D eigenvalue weighted by Gasteiger charge is 2.28. The maximum Gasteiger partial charge on any atom is 0.0963 e. The third-order valence-corrected chi connectivity index (χ3v) is 8.45. The summed E-state index contributed by atoms with van der Waals surface area (Å²) in [5.41, 5.74) is 9.74. The van der Waals surface area contributed by atoms with E-state index in [0.29, 0.717) is 0 Å². The van der Waals surface area contributed by atoms with Crippen molar-refractivity contribution in [2.45, 2.75) is 19.4 Å². The van der Waals surface area contributed by atoms with Crippen LogP contribution < -0.4 is 0 Å². The van der Waals surface area contributed by atoms with Gasteiger partial charge in [0, 0.05) is 71.5 Å². The van der Waals surface area contributed by atoms with Gasteiger partial charge in [-0.1, -0.05) is 36.4 Å². The van der Waals surface area contributed by atoms with Gasteiger partial charge >= 0.3 is 0 Å². The van der Waals surface area contributed by atoms with Crippen molar-refractivity contribution in [1.82, 2.24) is 24.9 Å². The van der Waals surface area contributed by atoms with E-state index in [1.54, 1.807) is 0 Å². The van der Waals surface area contributed by atoms with Crippen LogP contribution >= 0.6 is 11.3 Å². The number of benzene rings is 2. The van der Waals surface area contributed by atoms with Gasteiger partial charge in [0.05, 0.1) is 29.7 Å². The zero-order chi connectivity index (χ0) is 23.4. The highest BCUT2D eigenvalue weighted by atomic mass is 32.1. The van der Waals surface area contributed by atoms with Gasteiger partial charge in [-0.3, -0.25) is 14.7 Å². The molecule has 1 aliphatic carbocycles. The Kier molecular flexibility index (Phi) is 5.08. The Bertz CT molecular complexity index is 1520. The molecule has 5 aromatic rings. The number of fused-ring (bicyclic) bond motifs is 4. The van der Waals surface area contributed by atoms with E-state index < -0.39 is 0 Å². The van der Waals surface area contributed by atoms with Crippen LogP contribution in [0.15, 0.2) is 54.7 Å². The molecule has 3 aromatic heterocycles. The predicted molar refractivity (Wildman–Crippen MR) is 141 cm³/mol. The largest absolute Gasteiger partial charge is 0.380 e. The number of aromatic amines is 1. The van der Waals surface area contributed by atoms with Gasteiger partial charge in [-0.2, -0.15) is 10.2 Å². The van der Waals surface area contributed by atoms with E-state index in [-0.39, 0.29) is 0 Å². The van der Waals surface area contributed by atoms with Crippen molar-refractivity contribution >= 4 is 22.2 Å². The lowest BCUT2D eigenvalue weighted by Crippen LogP contribution is -2.25. The molecule has 0 spiro atoms. The summed E-state index contributed by atoms with van der Waals surface area (Å²) < 4.78 is 7.51.